The van der Waals surface area contributed by atoms with Gasteiger partial charge in [-0.05, 0) is 38.5 Å². The number of carbonyl (C=O) groups is 1. The third-order valence-electron chi connectivity index (χ3n) is 4.13. The van der Waals surface area contributed by atoms with Crippen LogP contribution in [0, 0.1) is 5.92 Å². The van der Waals surface area contributed by atoms with Gasteiger partial charge in [-0.15, -0.1) is 0 Å². The minimum atomic E-state index is -0.283. The lowest BCUT2D eigenvalue weighted by molar-refractivity contribution is 0.0524. The number of nitrogens with zero attached hydrogens (tertiary/aromatic N) is 2. The minimum absolute atomic E-state index is 0.283. The Kier molecular flexibility index (Phi) is 5.17. The Hall–Kier alpha value is -1.36. The molecule has 0 bridgehead atoms. The molecule has 112 valence electrons. The zero-order chi connectivity index (χ0) is 14.5. The second kappa shape index (κ2) is 6.88. The molecular weight excluding hydrogens is 254 g/mol. The molecule has 1 saturated carbocycles. The molecule has 0 radical (unpaired) electrons. The Balaban J connectivity index is 1.95. The van der Waals surface area contributed by atoms with Crippen LogP contribution in [0.3, 0.4) is 0 Å². The van der Waals surface area contributed by atoms with Crippen LogP contribution < -0.4 is 5.32 Å². The van der Waals surface area contributed by atoms with Crippen LogP contribution >= 0.6 is 0 Å². The van der Waals surface area contributed by atoms with E-state index in [1.54, 1.807) is 10.9 Å². The van der Waals surface area contributed by atoms with Crippen LogP contribution in [0.15, 0.2) is 6.20 Å². The summed E-state index contributed by atoms with van der Waals surface area (Å²) >= 11 is 0. The van der Waals surface area contributed by atoms with Gasteiger partial charge >= 0.3 is 5.97 Å². The van der Waals surface area contributed by atoms with E-state index in [9.17, 15) is 4.79 Å². The second-order valence-electron chi connectivity index (χ2n) is 5.69. The average molecular weight is 279 g/mol. The third-order valence-corrected chi connectivity index (χ3v) is 4.13. The van der Waals surface area contributed by atoms with E-state index in [0.29, 0.717) is 24.8 Å². The fourth-order valence-corrected chi connectivity index (χ4v) is 2.76. The summed E-state index contributed by atoms with van der Waals surface area (Å²) in [5.41, 5.74) is 1.48. The van der Waals surface area contributed by atoms with Crippen molar-refractivity contribution in [3.8, 4) is 0 Å². The van der Waals surface area contributed by atoms with Gasteiger partial charge in [0.25, 0.3) is 0 Å². The summed E-state index contributed by atoms with van der Waals surface area (Å²) in [5, 5.41) is 7.73. The summed E-state index contributed by atoms with van der Waals surface area (Å²) in [6.07, 6.45) is 6.60. The number of aromatic nitrogens is 2. The molecule has 1 aliphatic rings. The lowest BCUT2D eigenvalue weighted by atomic mass is 9.87. The summed E-state index contributed by atoms with van der Waals surface area (Å²) in [4.78, 5) is 11.9. The SMILES string of the molecule is CCOC(=O)c1cnn(C)c1CNC1CCC(C)CC1. The van der Waals surface area contributed by atoms with E-state index in [4.69, 9.17) is 4.74 Å². The first kappa shape index (κ1) is 15.0. The predicted molar refractivity (Wildman–Crippen MR) is 77.4 cm³/mol. The van der Waals surface area contributed by atoms with E-state index in [0.717, 1.165) is 11.6 Å². The molecule has 1 aliphatic carbocycles. The topological polar surface area (TPSA) is 56.1 Å². The molecule has 0 spiro atoms. The highest BCUT2D eigenvalue weighted by Crippen LogP contribution is 2.23. The van der Waals surface area contributed by atoms with Gasteiger partial charge in [-0.3, -0.25) is 4.68 Å². The first-order valence-corrected chi connectivity index (χ1v) is 7.53. The predicted octanol–water partition coefficient (Wildman–Crippen LogP) is 2.27. The number of hydrogen-bond donors (Lipinski definition) is 1. The Labute approximate surface area is 120 Å². The van der Waals surface area contributed by atoms with Crippen LogP contribution in [0.1, 0.15) is 55.6 Å². The molecule has 0 amide bonds. The van der Waals surface area contributed by atoms with Gasteiger partial charge in [0.15, 0.2) is 0 Å². The van der Waals surface area contributed by atoms with Crippen molar-refractivity contribution in [2.45, 2.75) is 52.1 Å². The smallest absolute Gasteiger partial charge is 0.341 e. The minimum Gasteiger partial charge on any atom is -0.462 e. The van der Waals surface area contributed by atoms with Crippen LogP contribution in [-0.4, -0.2) is 28.4 Å². The summed E-state index contributed by atoms with van der Waals surface area (Å²) in [6, 6.07) is 0.552. The Morgan fingerprint density at radius 1 is 1.45 bits per heavy atom. The van der Waals surface area contributed by atoms with Crippen molar-refractivity contribution in [3.63, 3.8) is 0 Å². The van der Waals surface area contributed by atoms with Crippen molar-refractivity contribution in [1.29, 1.82) is 0 Å². The second-order valence-corrected chi connectivity index (χ2v) is 5.69. The largest absolute Gasteiger partial charge is 0.462 e. The zero-order valence-electron chi connectivity index (χ0n) is 12.7. The first-order chi connectivity index (χ1) is 9.61. The molecule has 0 aliphatic heterocycles. The van der Waals surface area contributed by atoms with Gasteiger partial charge < -0.3 is 10.1 Å². The lowest BCUT2D eigenvalue weighted by Gasteiger charge is -2.27. The van der Waals surface area contributed by atoms with Crippen molar-refractivity contribution in [2.24, 2.45) is 13.0 Å². The number of nitrogens with one attached hydrogen (secondary N) is 1. The molecule has 1 aromatic rings. The maximum atomic E-state index is 11.9. The van der Waals surface area contributed by atoms with Crippen molar-refractivity contribution in [1.82, 2.24) is 15.1 Å². The highest BCUT2D eigenvalue weighted by molar-refractivity contribution is 5.90. The molecule has 0 saturated heterocycles. The van der Waals surface area contributed by atoms with E-state index in [1.165, 1.54) is 25.7 Å². The molecular formula is C15H25N3O2. The van der Waals surface area contributed by atoms with Gasteiger partial charge in [0.05, 0.1) is 18.5 Å². The number of rotatable bonds is 5. The fourth-order valence-electron chi connectivity index (χ4n) is 2.76. The van der Waals surface area contributed by atoms with Crippen LogP contribution in [-0.2, 0) is 18.3 Å². The molecule has 1 heterocycles. The quantitative estimate of drug-likeness (QED) is 0.840. The normalized spacial score (nSPS) is 22.8. The van der Waals surface area contributed by atoms with E-state index < -0.39 is 0 Å². The van der Waals surface area contributed by atoms with Crippen LogP contribution in [0.5, 0.6) is 0 Å². The van der Waals surface area contributed by atoms with Crippen molar-refractivity contribution < 1.29 is 9.53 Å². The van der Waals surface area contributed by atoms with Gasteiger partial charge in [-0.2, -0.15) is 5.10 Å². The molecule has 5 heteroatoms. The maximum absolute atomic E-state index is 11.9. The summed E-state index contributed by atoms with van der Waals surface area (Å²) in [6.45, 7) is 5.19. The van der Waals surface area contributed by atoms with Gasteiger partial charge in [0, 0.05) is 19.6 Å². The maximum Gasteiger partial charge on any atom is 0.341 e. The highest BCUT2D eigenvalue weighted by atomic mass is 16.5. The molecule has 0 unspecified atom stereocenters. The zero-order valence-corrected chi connectivity index (χ0v) is 12.7. The molecule has 5 nitrogen and oxygen atoms in total. The number of carbonyl (C=O) groups excluding carboxylic acids is 1. The Bertz CT molecular complexity index is 448. The van der Waals surface area contributed by atoms with Gasteiger partial charge in [-0.1, -0.05) is 6.92 Å². The number of hydrogen-bond acceptors (Lipinski definition) is 4. The molecule has 1 N–H and O–H groups in total. The summed E-state index contributed by atoms with van der Waals surface area (Å²) < 4.78 is 6.82. The van der Waals surface area contributed by atoms with Crippen molar-refractivity contribution in [2.75, 3.05) is 6.61 Å². The molecule has 20 heavy (non-hydrogen) atoms. The van der Waals surface area contributed by atoms with E-state index in [1.807, 2.05) is 14.0 Å². The lowest BCUT2D eigenvalue weighted by Crippen LogP contribution is -2.33. The standard InChI is InChI=1S/C15H25N3O2/c1-4-20-15(19)13-9-17-18(3)14(13)10-16-12-7-5-11(2)6-8-12/h9,11-12,16H,4-8,10H2,1-3H3. The van der Waals surface area contributed by atoms with E-state index in [-0.39, 0.29) is 5.97 Å². The van der Waals surface area contributed by atoms with Gasteiger partial charge in [0.2, 0.25) is 0 Å². The van der Waals surface area contributed by atoms with Gasteiger partial charge in [0.1, 0.15) is 5.56 Å². The fraction of sp³-hybridized carbons (Fsp3) is 0.733. The Morgan fingerprint density at radius 2 is 2.15 bits per heavy atom. The molecule has 0 aromatic carbocycles. The Morgan fingerprint density at radius 3 is 2.80 bits per heavy atom. The number of aryl methyl sites for hydroxylation is 1. The monoisotopic (exact) mass is 279 g/mol. The number of esters is 1. The highest BCUT2D eigenvalue weighted by Gasteiger charge is 2.21. The summed E-state index contributed by atoms with van der Waals surface area (Å²) in [5.74, 6) is 0.564. The molecule has 2 rings (SSSR count). The van der Waals surface area contributed by atoms with E-state index >= 15 is 0 Å². The van der Waals surface area contributed by atoms with Crippen LogP contribution in [0.4, 0.5) is 0 Å². The van der Waals surface area contributed by atoms with Gasteiger partial charge in [-0.25, -0.2) is 4.79 Å². The summed E-state index contributed by atoms with van der Waals surface area (Å²) in [7, 11) is 1.86. The molecule has 1 fully saturated rings. The first-order valence-electron chi connectivity index (χ1n) is 7.53. The van der Waals surface area contributed by atoms with Crippen LogP contribution in [0.2, 0.25) is 0 Å². The van der Waals surface area contributed by atoms with Crippen molar-refractivity contribution in [3.05, 3.63) is 17.5 Å². The van der Waals surface area contributed by atoms with Crippen molar-refractivity contribution >= 4 is 5.97 Å². The average Bonchev–Trinajstić information content (AvgIpc) is 2.80. The molecule has 0 atom stereocenters. The number of ether oxygens (including phenoxy) is 1. The molecule has 1 aromatic heterocycles. The third kappa shape index (κ3) is 3.60. The van der Waals surface area contributed by atoms with E-state index in [2.05, 4.69) is 17.3 Å². The van der Waals surface area contributed by atoms with Crippen LogP contribution in [0.25, 0.3) is 0 Å².